The average Bonchev–Trinajstić information content (AvgIpc) is 3.19. The highest BCUT2D eigenvalue weighted by Gasteiger charge is 2.47. The van der Waals surface area contributed by atoms with E-state index in [2.05, 4.69) is 4.98 Å². The molecular weight excluding hydrogens is 384 g/mol. The van der Waals surface area contributed by atoms with E-state index in [0.717, 1.165) is 42.3 Å². The Hall–Kier alpha value is -2.96. The van der Waals surface area contributed by atoms with Gasteiger partial charge in [-0.3, -0.25) is 24.1 Å². The Balaban J connectivity index is 1.37. The van der Waals surface area contributed by atoms with Gasteiger partial charge in [0.1, 0.15) is 0 Å². The molecule has 0 spiro atoms. The van der Waals surface area contributed by atoms with Crippen LogP contribution < -0.4 is 0 Å². The van der Waals surface area contributed by atoms with Gasteiger partial charge >= 0.3 is 5.97 Å². The van der Waals surface area contributed by atoms with Gasteiger partial charge in [0, 0.05) is 28.7 Å². The fraction of sp³-hybridized carbons (Fsp3) is 0.478. The van der Waals surface area contributed by atoms with E-state index in [4.69, 9.17) is 4.74 Å². The molecule has 158 valence electrons. The molecular formula is C23H26N2O5. The number of rotatable bonds is 6. The third kappa shape index (κ3) is 3.53. The van der Waals surface area contributed by atoms with Crippen LogP contribution in [0.1, 0.15) is 55.1 Å². The third-order valence-electron chi connectivity index (χ3n) is 6.29. The number of ether oxygens (including phenoxy) is 1. The molecule has 2 heterocycles. The van der Waals surface area contributed by atoms with Gasteiger partial charge in [-0.15, -0.1) is 0 Å². The van der Waals surface area contributed by atoms with Crippen molar-refractivity contribution in [2.75, 3.05) is 6.54 Å². The largest absolute Gasteiger partial charge is 0.454 e. The zero-order valence-corrected chi connectivity index (χ0v) is 17.3. The van der Waals surface area contributed by atoms with Gasteiger partial charge in [0.05, 0.1) is 18.3 Å². The van der Waals surface area contributed by atoms with Crippen LogP contribution in [-0.4, -0.2) is 46.1 Å². The van der Waals surface area contributed by atoms with Crippen molar-refractivity contribution < 1.29 is 23.9 Å². The summed E-state index contributed by atoms with van der Waals surface area (Å²) in [6, 6.07) is 7.47. The van der Waals surface area contributed by atoms with Crippen molar-refractivity contribution in [1.29, 1.82) is 0 Å². The number of aromatic nitrogens is 1. The summed E-state index contributed by atoms with van der Waals surface area (Å²) in [5.74, 6) is -1.67. The SMILES string of the molecule is Cc1[nH]c2ccccc2c1C(=O)[C@@H](C)OC(=O)CCN1C(=O)[C@H]2CCCC[C@@H]2C1=O. The monoisotopic (exact) mass is 410 g/mol. The molecule has 30 heavy (non-hydrogen) atoms. The molecule has 0 bridgehead atoms. The van der Waals surface area contributed by atoms with Gasteiger partial charge in [-0.25, -0.2) is 0 Å². The number of carbonyl (C=O) groups excluding carboxylic acids is 4. The number of para-hydroxylation sites is 1. The van der Waals surface area contributed by atoms with Gasteiger partial charge in [-0.05, 0) is 32.8 Å². The second-order valence-electron chi connectivity index (χ2n) is 8.24. The number of amides is 2. The number of fused-ring (bicyclic) bond motifs is 2. The maximum absolute atomic E-state index is 12.9. The number of benzene rings is 1. The smallest absolute Gasteiger partial charge is 0.308 e. The molecule has 1 saturated carbocycles. The van der Waals surface area contributed by atoms with Gasteiger partial charge in [0.15, 0.2) is 6.10 Å². The lowest BCUT2D eigenvalue weighted by molar-refractivity contribution is -0.147. The number of aromatic amines is 1. The van der Waals surface area contributed by atoms with Gasteiger partial charge in [0.25, 0.3) is 0 Å². The fourth-order valence-electron chi connectivity index (χ4n) is 4.76. The molecule has 2 amide bonds. The molecule has 2 fully saturated rings. The second-order valence-corrected chi connectivity index (χ2v) is 8.24. The minimum absolute atomic E-state index is 0.0104. The van der Waals surface area contributed by atoms with Gasteiger partial charge in [-0.1, -0.05) is 31.0 Å². The number of hydrogen-bond donors (Lipinski definition) is 1. The highest BCUT2D eigenvalue weighted by molar-refractivity contribution is 6.11. The molecule has 3 atom stereocenters. The summed E-state index contributed by atoms with van der Waals surface area (Å²) < 4.78 is 5.34. The van der Waals surface area contributed by atoms with Crippen LogP contribution in [0.3, 0.4) is 0 Å². The average molecular weight is 410 g/mol. The number of nitrogens with zero attached hydrogens (tertiary/aromatic N) is 1. The highest BCUT2D eigenvalue weighted by Crippen LogP contribution is 2.38. The zero-order valence-electron chi connectivity index (χ0n) is 17.3. The minimum atomic E-state index is -0.956. The van der Waals surface area contributed by atoms with Crippen molar-refractivity contribution in [3.63, 3.8) is 0 Å². The Bertz CT molecular complexity index is 1000. The van der Waals surface area contributed by atoms with Crippen LogP contribution >= 0.6 is 0 Å². The number of nitrogens with one attached hydrogen (secondary N) is 1. The maximum Gasteiger partial charge on any atom is 0.308 e. The van der Waals surface area contributed by atoms with Crippen molar-refractivity contribution in [2.24, 2.45) is 11.8 Å². The molecule has 1 aromatic heterocycles. The van der Waals surface area contributed by atoms with E-state index in [9.17, 15) is 19.2 Å². The van der Waals surface area contributed by atoms with Crippen LogP contribution in [0.4, 0.5) is 0 Å². The van der Waals surface area contributed by atoms with Crippen molar-refractivity contribution in [1.82, 2.24) is 9.88 Å². The normalized spacial score (nSPS) is 22.3. The number of imide groups is 1. The minimum Gasteiger partial charge on any atom is -0.454 e. The Morgan fingerprint density at radius 1 is 1.13 bits per heavy atom. The lowest BCUT2D eigenvalue weighted by atomic mass is 9.81. The number of carbonyl (C=O) groups is 4. The van der Waals surface area contributed by atoms with E-state index in [-0.39, 0.29) is 42.4 Å². The number of aryl methyl sites for hydroxylation is 1. The summed E-state index contributed by atoms with van der Waals surface area (Å²) in [6.07, 6.45) is 2.34. The van der Waals surface area contributed by atoms with Crippen LogP contribution in [0.2, 0.25) is 0 Å². The first kappa shape index (κ1) is 20.3. The Morgan fingerprint density at radius 3 is 2.43 bits per heavy atom. The van der Waals surface area contributed by atoms with Crippen molar-refractivity contribution in [3.8, 4) is 0 Å². The molecule has 1 aliphatic heterocycles. The van der Waals surface area contributed by atoms with Crippen LogP contribution in [0.25, 0.3) is 10.9 Å². The molecule has 2 aliphatic rings. The Labute approximate surface area is 174 Å². The third-order valence-corrected chi connectivity index (χ3v) is 6.29. The van der Waals surface area contributed by atoms with E-state index in [1.807, 2.05) is 31.2 Å². The second kappa shape index (κ2) is 8.05. The first-order chi connectivity index (χ1) is 14.4. The number of H-pyrrole nitrogens is 1. The summed E-state index contributed by atoms with van der Waals surface area (Å²) in [4.78, 5) is 54.6. The number of Topliss-reactive ketones (excluding diaryl/α,β-unsaturated/α-hetero) is 1. The summed E-state index contributed by atoms with van der Waals surface area (Å²) in [7, 11) is 0. The van der Waals surface area contributed by atoms with Gasteiger partial charge in [-0.2, -0.15) is 0 Å². The van der Waals surface area contributed by atoms with Crippen molar-refractivity contribution in [3.05, 3.63) is 35.5 Å². The molecule has 0 radical (unpaired) electrons. The van der Waals surface area contributed by atoms with Crippen LogP contribution in [0.15, 0.2) is 24.3 Å². The standard InChI is InChI=1S/C23H26N2O5/c1-13-20(17-9-5-6-10-18(17)24-13)21(27)14(2)30-19(26)11-12-25-22(28)15-7-3-4-8-16(15)23(25)29/h5-6,9-10,14-16,24H,3-4,7-8,11-12H2,1-2H3/t14-,15+,16+/m1/s1. The molecule has 0 unspecified atom stereocenters. The molecule has 4 rings (SSSR count). The van der Waals surface area contributed by atoms with E-state index < -0.39 is 12.1 Å². The number of esters is 1. The van der Waals surface area contributed by atoms with Gasteiger partial charge < -0.3 is 9.72 Å². The lowest BCUT2D eigenvalue weighted by Gasteiger charge is -2.19. The van der Waals surface area contributed by atoms with E-state index in [1.54, 1.807) is 6.92 Å². The van der Waals surface area contributed by atoms with E-state index >= 15 is 0 Å². The first-order valence-electron chi connectivity index (χ1n) is 10.5. The van der Waals surface area contributed by atoms with Crippen LogP contribution in [-0.2, 0) is 19.1 Å². The maximum atomic E-state index is 12.9. The highest BCUT2D eigenvalue weighted by atomic mass is 16.5. The molecule has 1 aliphatic carbocycles. The summed E-state index contributed by atoms with van der Waals surface area (Å²) >= 11 is 0. The van der Waals surface area contributed by atoms with Crippen LogP contribution in [0.5, 0.6) is 0 Å². The first-order valence-corrected chi connectivity index (χ1v) is 10.5. The zero-order chi connectivity index (χ0) is 21.4. The van der Waals surface area contributed by atoms with Crippen molar-refractivity contribution >= 4 is 34.5 Å². The molecule has 7 heteroatoms. The molecule has 1 saturated heterocycles. The summed E-state index contributed by atoms with van der Waals surface area (Å²) in [5.41, 5.74) is 2.09. The quantitative estimate of drug-likeness (QED) is 0.448. The Kier molecular flexibility index (Phi) is 5.45. The summed E-state index contributed by atoms with van der Waals surface area (Å²) in [6.45, 7) is 3.37. The van der Waals surface area contributed by atoms with E-state index in [1.165, 1.54) is 4.90 Å². The van der Waals surface area contributed by atoms with Crippen molar-refractivity contribution in [2.45, 2.75) is 52.1 Å². The number of ketones is 1. The molecule has 2 aromatic rings. The fourth-order valence-corrected chi connectivity index (χ4v) is 4.76. The molecule has 1 N–H and O–H groups in total. The summed E-state index contributed by atoms with van der Waals surface area (Å²) in [5, 5.41) is 0.791. The van der Waals surface area contributed by atoms with E-state index in [0.29, 0.717) is 5.56 Å². The molecule has 7 nitrogen and oxygen atoms in total. The lowest BCUT2D eigenvalue weighted by Crippen LogP contribution is -2.34. The predicted octanol–water partition coefficient (Wildman–Crippen LogP) is 3.16. The predicted molar refractivity (Wildman–Crippen MR) is 110 cm³/mol. The number of hydrogen-bond acceptors (Lipinski definition) is 5. The number of likely N-dealkylation sites (tertiary alicyclic amines) is 1. The molecule has 1 aromatic carbocycles. The Morgan fingerprint density at radius 2 is 1.77 bits per heavy atom. The van der Waals surface area contributed by atoms with Crippen LogP contribution in [0, 0.1) is 18.8 Å². The topological polar surface area (TPSA) is 96.5 Å². The van der Waals surface area contributed by atoms with Gasteiger partial charge in [0.2, 0.25) is 17.6 Å².